The summed E-state index contributed by atoms with van der Waals surface area (Å²) in [5.74, 6) is 1.99. The molecule has 1 amide bonds. The number of furan rings is 1. The molecule has 2 aromatic rings. The predicted molar refractivity (Wildman–Crippen MR) is 89.1 cm³/mol. The van der Waals surface area contributed by atoms with Crippen molar-refractivity contribution in [1.82, 2.24) is 14.9 Å². The summed E-state index contributed by atoms with van der Waals surface area (Å²) in [5.41, 5.74) is 1.40. The van der Waals surface area contributed by atoms with Crippen molar-refractivity contribution < 1.29 is 13.9 Å². The molecule has 0 aromatic carbocycles. The molecule has 1 saturated heterocycles. The quantitative estimate of drug-likeness (QED) is 0.857. The zero-order chi connectivity index (χ0) is 17.3. The van der Waals surface area contributed by atoms with Gasteiger partial charge in [-0.15, -0.1) is 0 Å². The highest BCUT2D eigenvalue weighted by Gasteiger charge is 2.29. The number of morpholine rings is 1. The van der Waals surface area contributed by atoms with Gasteiger partial charge in [0, 0.05) is 26.8 Å². The van der Waals surface area contributed by atoms with Crippen LogP contribution in [0, 0.1) is 13.8 Å². The van der Waals surface area contributed by atoms with E-state index in [0.717, 1.165) is 11.5 Å². The Kier molecular flexibility index (Phi) is 4.53. The number of ether oxygens (including phenoxy) is 1. The minimum Gasteiger partial charge on any atom is -0.466 e. The molecule has 128 valence electrons. The smallest absolute Gasteiger partial charge is 0.257 e. The van der Waals surface area contributed by atoms with Crippen LogP contribution in [0.2, 0.25) is 0 Å². The van der Waals surface area contributed by atoms with Gasteiger partial charge in [0.15, 0.2) is 0 Å². The third kappa shape index (κ3) is 3.26. The Morgan fingerprint density at radius 3 is 2.83 bits per heavy atom. The first-order valence-electron chi connectivity index (χ1n) is 7.94. The average molecular weight is 330 g/mol. The van der Waals surface area contributed by atoms with E-state index in [1.54, 1.807) is 17.2 Å². The molecular formula is C17H22N4O3. The van der Waals surface area contributed by atoms with Crippen LogP contribution in [-0.2, 0) is 4.74 Å². The number of hydrogen-bond acceptors (Lipinski definition) is 6. The van der Waals surface area contributed by atoms with Gasteiger partial charge in [-0.05, 0) is 26.0 Å². The summed E-state index contributed by atoms with van der Waals surface area (Å²) in [5, 5.41) is 0. The van der Waals surface area contributed by atoms with Crippen LogP contribution in [0.25, 0.3) is 0 Å². The molecule has 3 heterocycles. The molecule has 24 heavy (non-hydrogen) atoms. The Bertz CT molecular complexity index is 741. The number of anilines is 1. The number of carbonyl (C=O) groups excluding carboxylic acids is 1. The summed E-state index contributed by atoms with van der Waals surface area (Å²) in [6, 6.07) is 3.62. The highest BCUT2D eigenvalue weighted by atomic mass is 16.5. The van der Waals surface area contributed by atoms with E-state index < -0.39 is 0 Å². The Balaban J connectivity index is 1.78. The van der Waals surface area contributed by atoms with Gasteiger partial charge in [0.05, 0.1) is 24.4 Å². The number of aryl methyl sites for hydroxylation is 2. The largest absolute Gasteiger partial charge is 0.466 e. The monoisotopic (exact) mass is 330 g/mol. The molecular weight excluding hydrogens is 308 g/mol. The molecule has 7 heteroatoms. The maximum absolute atomic E-state index is 12.8. The fraction of sp³-hybridized carbons (Fsp3) is 0.471. The van der Waals surface area contributed by atoms with Crippen LogP contribution in [0.4, 0.5) is 5.95 Å². The van der Waals surface area contributed by atoms with E-state index in [-0.39, 0.29) is 12.0 Å². The van der Waals surface area contributed by atoms with Crippen molar-refractivity contribution in [2.24, 2.45) is 0 Å². The second-order valence-electron chi connectivity index (χ2n) is 6.11. The fourth-order valence-corrected chi connectivity index (χ4v) is 2.78. The molecule has 3 rings (SSSR count). The Hall–Kier alpha value is -2.41. The van der Waals surface area contributed by atoms with Crippen LogP contribution in [0.5, 0.6) is 0 Å². The van der Waals surface area contributed by atoms with Crippen molar-refractivity contribution in [2.45, 2.75) is 20.0 Å². The molecule has 1 atom stereocenters. The number of aromatic nitrogens is 2. The molecule has 0 bridgehead atoms. The third-order valence-corrected chi connectivity index (χ3v) is 4.02. The van der Waals surface area contributed by atoms with Crippen LogP contribution in [0.15, 0.2) is 22.7 Å². The summed E-state index contributed by atoms with van der Waals surface area (Å²) in [4.78, 5) is 25.1. The zero-order valence-corrected chi connectivity index (χ0v) is 14.4. The lowest BCUT2D eigenvalue weighted by Crippen LogP contribution is -2.42. The number of nitrogens with zero attached hydrogens (tertiary/aromatic N) is 4. The highest BCUT2D eigenvalue weighted by molar-refractivity contribution is 5.95. The van der Waals surface area contributed by atoms with Crippen molar-refractivity contribution in [1.29, 1.82) is 0 Å². The van der Waals surface area contributed by atoms with Gasteiger partial charge in [-0.3, -0.25) is 4.79 Å². The van der Waals surface area contributed by atoms with E-state index in [1.807, 2.05) is 38.9 Å². The first-order valence-corrected chi connectivity index (χ1v) is 7.94. The van der Waals surface area contributed by atoms with Gasteiger partial charge in [-0.25, -0.2) is 9.97 Å². The summed E-state index contributed by atoms with van der Waals surface area (Å²) < 4.78 is 11.3. The van der Waals surface area contributed by atoms with Crippen LogP contribution in [0.1, 0.15) is 33.7 Å². The normalized spacial score (nSPS) is 17.8. The number of rotatable bonds is 3. The summed E-state index contributed by atoms with van der Waals surface area (Å²) in [6.07, 6.45) is 1.46. The van der Waals surface area contributed by atoms with Crippen molar-refractivity contribution in [3.63, 3.8) is 0 Å². The maximum Gasteiger partial charge on any atom is 0.257 e. The van der Waals surface area contributed by atoms with Gasteiger partial charge in [0.25, 0.3) is 5.91 Å². The minimum atomic E-state index is -0.252. The Morgan fingerprint density at radius 1 is 1.38 bits per heavy atom. The lowest BCUT2D eigenvalue weighted by molar-refractivity contribution is -0.0247. The summed E-state index contributed by atoms with van der Waals surface area (Å²) in [7, 11) is 3.78. The molecule has 1 unspecified atom stereocenters. The van der Waals surface area contributed by atoms with Crippen molar-refractivity contribution in [2.75, 3.05) is 38.7 Å². The van der Waals surface area contributed by atoms with Gasteiger partial charge < -0.3 is 19.0 Å². The van der Waals surface area contributed by atoms with Crippen LogP contribution >= 0.6 is 0 Å². The first kappa shape index (κ1) is 16.4. The van der Waals surface area contributed by atoms with Crippen molar-refractivity contribution in [3.8, 4) is 0 Å². The molecule has 0 aliphatic carbocycles. The Labute approximate surface area is 141 Å². The molecule has 1 aliphatic heterocycles. The van der Waals surface area contributed by atoms with Crippen molar-refractivity contribution >= 4 is 11.9 Å². The molecule has 2 aromatic heterocycles. The van der Waals surface area contributed by atoms with Crippen molar-refractivity contribution in [3.05, 3.63) is 41.1 Å². The van der Waals surface area contributed by atoms with E-state index in [0.29, 0.717) is 37.0 Å². The van der Waals surface area contributed by atoms with Crippen LogP contribution in [-0.4, -0.2) is 54.6 Å². The van der Waals surface area contributed by atoms with E-state index >= 15 is 0 Å². The van der Waals surface area contributed by atoms with Gasteiger partial charge in [0.1, 0.15) is 17.6 Å². The molecule has 0 N–H and O–H groups in total. The molecule has 7 nitrogen and oxygen atoms in total. The minimum absolute atomic E-state index is 0.0282. The molecule has 1 fully saturated rings. The number of carbonyl (C=O) groups is 1. The topological polar surface area (TPSA) is 71.7 Å². The number of amides is 1. The second-order valence-corrected chi connectivity index (χ2v) is 6.11. The number of hydrogen-bond donors (Lipinski definition) is 0. The lowest BCUT2D eigenvalue weighted by atomic mass is 10.1. The zero-order valence-electron chi connectivity index (χ0n) is 14.4. The van der Waals surface area contributed by atoms with Crippen LogP contribution < -0.4 is 4.90 Å². The highest BCUT2D eigenvalue weighted by Crippen LogP contribution is 2.24. The van der Waals surface area contributed by atoms with Gasteiger partial charge >= 0.3 is 0 Å². The van der Waals surface area contributed by atoms with E-state index in [1.165, 1.54) is 0 Å². The Morgan fingerprint density at radius 2 is 2.17 bits per heavy atom. The van der Waals surface area contributed by atoms with E-state index in [2.05, 4.69) is 9.97 Å². The van der Waals surface area contributed by atoms with E-state index in [4.69, 9.17) is 9.15 Å². The van der Waals surface area contributed by atoms with Gasteiger partial charge in [-0.1, -0.05) is 0 Å². The molecule has 1 aliphatic rings. The molecule has 0 spiro atoms. The second kappa shape index (κ2) is 6.60. The first-order chi connectivity index (χ1) is 11.5. The van der Waals surface area contributed by atoms with E-state index in [9.17, 15) is 4.79 Å². The van der Waals surface area contributed by atoms with Crippen LogP contribution in [0.3, 0.4) is 0 Å². The molecule has 0 saturated carbocycles. The summed E-state index contributed by atoms with van der Waals surface area (Å²) >= 11 is 0. The van der Waals surface area contributed by atoms with Gasteiger partial charge in [-0.2, -0.15) is 0 Å². The van der Waals surface area contributed by atoms with Gasteiger partial charge in [0.2, 0.25) is 5.95 Å². The summed E-state index contributed by atoms with van der Waals surface area (Å²) in [6.45, 7) is 5.16. The fourth-order valence-electron chi connectivity index (χ4n) is 2.78. The maximum atomic E-state index is 12.8. The third-order valence-electron chi connectivity index (χ3n) is 4.02. The standard InChI is InChI=1S/C17H22N4O3/c1-11-9-13(12(2)24-11)16(22)21-7-8-23-15(10-21)14-5-6-18-17(19-14)20(3)4/h5-6,9,15H,7-8,10H2,1-4H3. The average Bonchev–Trinajstić information content (AvgIpc) is 2.92. The lowest BCUT2D eigenvalue weighted by Gasteiger charge is -2.32. The predicted octanol–water partition coefficient (Wildman–Crippen LogP) is 1.97. The SMILES string of the molecule is Cc1cc(C(=O)N2CCOC(c3ccnc(N(C)C)n3)C2)c(C)o1. The molecule has 0 radical (unpaired) electrons.